The highest BCUT2D eigenvalue weighted by Gasteiger charge is 2.35. The molecule has 5 rings (SSSR count). The first-order chi connectivity index (χ1) is 17.0. The second kappa shape index (κ2) is 10.2. The van der Waals surface area contributed by atoms with E-state index in [9.17, 15) is 9.59 Å². The van der Waals surface area contributed by atoms with E-state index < -0.39 is 12.2 Å². The summed E-state index contributed by atoms with van der Waals surface area (Å²) in [6.45, 7) is 3.30. The third kappa shape index (κ3) is 5.22. The number of carbonyl (C=O) groups is 2. The van der Waals surface area contributed by atoms with Gasteiger partial charge in [0.15, 0.2) is 0 Å². The fourth-order valence-electron chi connectivity index (χ4n) is 4.74. The Balaban J connectivity index is 1.17. The van der Waals surface area contributed by atoms with Gasteiger partial charge in [-0.25, -0.2) is 14.7 Å². The van der Waals surface area contributed by atoms with Crippen LogP contribution in [0.25, 0.3) is 0 Å². The van der Waals surface area contributed by atoms with Crippen LogP contribution in [0.3, 0.4) is 0 Å². The Kier molecular flexibility index (Phi) is 6.82. The molecule has 186 valence electrons. The normalized spacial score (nSPS) is 23.0. The number of benzene rings is 1. The number of thiophene rings is 1. The maximum absolute atomic E-state index is 15.1. The van der Waals surface area contributed by atoms with Crippen molar-refractivity contribution in [2.45, 2.75) is 44.5 Å². The first-order valence-electron chi connectivity index (χ1n) is 11.7. The van der Waals surface area contributed by atoms with Crippen molar-refractivity contribution in [3.8, 4) is 0 Å². The Hall–Kier alpha value is -3.25. The molecule has 2 fully saturated rings. The molecule has 1 aromatic carbocycles. The Labute approximate surface area is 206 Å². The van der Waals surface area contributed by atoms with Gasteiger partial charge in [0.1, 0.15) is 18.1 Å². The fourth-order valence-corrected chi connectivity index (χ4v) is 5.47. The van der Waals surface area contributed by atoms with E-state index in [-0.39, 0.29) is 37.0 Å². The van der Waals surface area contributed by atoms with E-state index >= 15 is 4.39 Å². The van der Waals surface area contributed by atoms with E-state index in [4.69, 9.17) is 4.74 Å². The molecule has 0 saturated carbocycles. The molecule has 2 atom stereocenters. The van der Waals surface area contributed by atoms with Gasteiger partial charge in [0.05, 0.1) is 24.5 Å². The van der Waals surface area contributed by atoms with Crippen LogP contribution in [0, 0.1) is 5.82 Å². The number of hydrazine groups is 1. The van der Waals surface area contributed by atoms with Gasteiger partial charge in [-0.3, -0.25) is 9.69 Å². The molecule has 0 radical (unpaired) electrons. The minimum Gasteiger partial charge on any atom is -0.442 e. The predicted molar refractivity (Wildman–Crippen MR) is 130 cm³/mol. The van der Waals surface area contributed by atoms with Crippen LogP contribution >= 0.6 is 11.3 Å². The molecule has 1 aromatic heterocycles. The Morgan fingerprint density at radius 1 is 1.31 bits per heavy atom. The number of rotatable bonds is 7. The van der Waals surface area contributed by atoms with Gasteiger partial charge in [-0.15, -0.1) is 16.5 Å². The van der Waals surface area contributed by atoms with Gasteiger partial charge >= 0.3 is 6.09 Å². The number of nitrogens with zero attached hydrogens (tertiary/aromatic N) is 5. The van der Waals surface area contributed by atoms with Crippen molar-refractivity contribution >= 4 is 34.7 Å². The number of halogens is 1. The maximum Gasteiger partial charge on any atom is 0.414 e. The highest BCUT2D eigenvalue weighted by atomic mass is 32.1. The van der Waals surface area contributed by atoms with Gasteiger partial charge in [0, 0.05) is 37.4 Å². The Bertz CT molecular complexity index is 1090. The molecule has 2 amide bonds. The predicted octanol–water partition coefficient (Wildman–Crippen LogP) is 3.07. The second-order valence-electron chi connectivity index (χ2n) is 8.89. The molecule has 12 heteroatoms. The molecule has 0 bridgehead atoms. The van der Waals surface area contributed by atoms with Crippen molar-refractivity contribution in [2.24, 2.45) is 10.3 Å². The number of ether oxygens (including phenoxy) is 1. The summed E-state index contributed by atoms with van der Waals surface area (Å²) < 4.78 is 20.4. The minimum absolute atomic E-state index is 0.0316. The molecular weight excluding hydrogens is 473 g/mol. The summed E-state index contributed by atoms with van der Waals surface area (Å²) in [7, 11) is 0. The number of anilines is 2. The van der Waals surface area contributed by atoms with Crippen molar-refractivity contribution < 1.29 is 18.7 Å². The Morgan fingerprint density at radius 3 is 2.86 bits per heavy atom. The van der Waals surface area contributed by atoms with Crippen LogP contribution in [0.1, 0.15) is 24.6 Å². The smallest absolute Gasteiger partial charge is 0.414 e. The van der Waals surface area contributed by atoms with Gasteiger partial charge in [-0.2, -0.15) is 5.01 Å². The first-order valence-corrected chi connectivity index (χ1v) is 12.6. The maximum atomic E-state index is 15.1. The third-order valence-electron chi connectivity index (χ3n) is 6.53. The number of cyclic esters (lactones) is 1. The van der Waals surface area contributed by atoms with E-state index in [2.05, 4.69) is 37.6 Å². The summed E-state index contributed by atoms with van der Waals surface area (Å²) in [6, 6.07) is 9.24. The number of hydrogen-bond acceptors (Lipinski definition) is 9. The molecule has 35 heavy (non-hydrogen) atoms. The molecule has 2 N–H and O–H groups in total. The van der Waals surface area contributed by atoms with Crippen molar-refractivity contribution in [2.75, 3.05) is 36.0 Å². The van der Waals surface area contributed by atoms with E-state index in [1.165, 1.54) is 22.8 Å². The molecule has 10 nitrogen and oxygen atoms in total. The average Bonchev–Trinajstić information content (AvgIpc) is 3.60. The second-order valence-corrected chi connectivity index (χ2v) is 9.93. The monoisotopic (exact) mass is 501 g/mol. The first kappa shape index (κ1) is 23.5. The highest BCUT2D eigenvalue weighted by molar-refractivity contribution is 7.09. The standard InChI is InChI=1S/C23H28FN7O3S/c1-15(32)25-13-18-14-30(23(33)34-18)17-4-5-21(20(24)11-17)29-8-6-16(7-9-29)31-22(26-27-28-31)12-19-3-2-10-35-19/h2-5,10-11,16,18,22H,6-9,12-14H2,1H3,(H,25,32)(H,26,28). The van der Waals surface area contributed by atoms with Crippen LogP contribution in [0.15, 0.2) is 46.0 Å². The number of nitrogens with one attached hydrogen (secondary N) is 2. The molecule has 0 spiro atoms. The van der Waals surface area contributed by atoms with Crippen molar-refractivity contribution in [3.63, 3.8) is 0 Å². The van der Waals surface area contributed by atoms with Crippen LogP contribution in [-0.2, 0) is 16.0 Å². The van der Waals surface area contributed by atoms with Crippen LogP contribution in [0.2, 0.25) is 0 Å². The summed E-state index contributed by atoms with van der Waals surface area (Å²) in [6.07, 6.45) is 1.48. The number of piperidine rings is 1. The van der Waals surface area contributed by atoms with E-state index in [1.807, 2.05) is 11.0 Å². The van der Waals surface area contributed by atoms with Gasteiger partial charge < -0.3 is 15.0 Å². The SMILES string of the molecule is CC(=O)NCC1CN(c2ccc(N3CCC(N4NN=NC4Cc4cccs4)CC3)c(F)c2)C(=O)O1. The third-order valence-corrected chi connectivity index (χ3v) is 7.43. The number of amides is 2. The van der Waals surface area contributed by atoms with Crippen LogP contribution in [0.4, 0.5) is 20.6 Å². The van der Waals surface area contributed by atoms with Crippen LogP contribution in [0.5, 0.6) is 0 Å². The molecule has 4 heterocycles. The van der Waals surface area contributed by atoms with E-state index in [0.717, 1.165) is 19.3 Å². The van der Waals surface area contributed by atoms with Gasteiger partial charge in [-0.05, 0) is 42.5 Å². The summed E-state index contributed by atoms with van der Waals surface area (Å²) in [5.74, 6) is -0.570. The average molecular weight is 502 g/mol. The Morgan fingerprint density at radius 2 is 2.14 bits per heavy atom. The van der Waals surface area contributed by atoms with E-state index in [0.29, 0.717) is 24.5 Å². The van der Waals surface area contributed by atoms with Gasteiger partial charge in [0.2, 0.25) is 5.91 Å². The zero-order valence-corrected chi connectivity index (χ0v) is 20.2. The van der Waals surface area contributed by atoms with Crippen molar-refractivity contribution in [1.82, 2.24) is 15.9 Å². The zero-order chi connectivity index (χ0) is 24.4. The van der Waals surface area contributed by atoms with Crippen LogP contribution < -0.4 is 20.7 Å². The largest absolute Gasteiger partial charge is 0.442 e. The quantitative estimate of drug-likeness (QED) is 0.605. The molecule has 3 aliphatic rings. The molecule has 3 aliphatic heterocycles. The van der Waals surface area contributed by atoms with Gasteiger partial charge in [0.25, 0.3) is 0 Å². The minimum atomic E-state index is -0.542. The molecule has 0 aliphatic carbocycles. The summed E-state index contributed by atoms with van der Waals surface area (Å²) in [5.41, 5.74) is 4.01. The number of hydrogen-bond donors (Lipinski definition) is 2. The highest BCUT2D eigenvalue weighted by Crippen LogP contribution is 2.31. The topological polar surface area (TPSA) is 102 Å². The lowest BCUT2D eigenvalue weighted by Crippen LogP contribution is -2.51. The van der Waals surface area contributed by atoms with Crippen molar-refractivity contribution in [1.29, 1.82) is 0 Å². The molecule has 2 aromatic rings. The fraction of sp³-hybridized carbons (Fsp3) is 0.478. The lowest BCUT2D eigenvalue weighted by molar-refractivity contribution is -0.119. The zero-order valence-electron chi connectivity index (χ0n) is 19.4. The molecule has 2 unspecified atom stereocenters. The lowest BCUT2D eigenvalue weighted by Gasteiger charge is -2.38. The van der Waals surface area contributed by atoms with Crippen LogP contribution in [-0.4, -0.2) is 61.5 Å². The molecule has 2 saturated heterocycles. The lowest BCUT2D eigenvalue weighted by atomic mass is 10.0. The van der Waals surface area contributed by atoms with Crippen molar-refractivity contribution in [3.05, 3.63) is 46.4 Å². The summed E-state index contributed by atoms with van der Waals surface area (Å²) in [5, 5.41) is 15.2. The number of carbonyl (C=O) groups excluding carboxylic acids is 2. The van der Waals surface area contributed by atoms with E-state index in [1.54, 1.807) is 23.5 Å². The molecular formula is C23H28FN7O3S. The van der Waals surface area contributed by atoms with Gasteiger partial charge in [-0.1, -0.05) is 11.3 Å². The summed E-state index contributed by atoms with van der Waals surface area (Å²) in [4.78, 5) is 28.1. The summed E-state index contributed by atoms with van der Waals surface area (Å²) >= 11 is 1.72.